The first-order valence-electron chi connectivity index (χ1n) is 13.1. The molecule has 0 unspecified atom stereocenters. The average molecular weight is 558 g/mol. The maximum absolute atomic E-state index is 4.67. The van der Waals surface area contributed by atoms with Crippen molar-refractivity contribution in [3.05, 3.63) is 125 Å². The van der Waals surface area contributed by atoms with Gasteiger partial charge in [-0.3, -0.25) is 0 Å². The van der Waals surface area contributed by atoms with E-state index in [-0.39, 0.29) is 10.8 Å². The molecule has 0 bridgehead atoms. The van der Waals surface area contributed by atoms with Crippen molar-refractivity contribution in [3.8, 4) is 0 Å². The molecule has 0 atom stereocenters. The van der Waals surface area contributed by atoms with E-state index in [4.69, 9.17) is 0 Å². The normalized spacial score (nSPS) is 17.6. The fourth-order valence-electron chi connectivity index (χ4n) is 6.19. The average Bonchev–Trinajstić information content (AvgIpc) is 2.89. The Morgan fingerprint density at radius 1 is 0.611 bits per heavy atom. The molecule has 0 radical (unpaired) electrons. The summed E-state index contributed by atoms with van der Waals surface area (Å²) in [4.78, 5) is 0. The number of benzene rings is 4. The minimum atomic E-state index is -3.03. The molecule has 4 aromatic carbocycles. The number of hydrogen-bond acceptors (Lipinski definition) is 0. The predicted molar refractivity (Wildman–Crippen MR) is 164 cm³/mol. The van der Waals surface area contributed by atoms with Gasteiger partial charge in [-0.25, -0.2) is 0 Å². The Balaban J connectivity index is 1.83. The van der Waals surface area contributed by atoms with Crippen LogP contribution in [-0.2, 0) is 17.0 Å². The molecule has 0 saturated heterocycles. The van der Waals surface area contributed by atoms with Crippen LogP contribution in [0.5, 0.6) is 0 Å². The number of hydrogen-bond donors (Lipinski definition) is 0. The third-order valence-electron chi connectivity index (χ3n) is 8.66. The van der Waals surface area contributed by atoms with Gasteiger partial charge in [-0.05, 0) is 0 Å². The Kier molecular flexibility index (Phi) is 6.34. The van der Waals surface area contributed by atoms with Crippen molar-refractivity contribution in [2.45, 2.75) is 64.5 Å². The Hall–Kier alpha value is -2.21. The number of fused-ring (bicyclic) bond motifs is 1. The molecule has 1 aliphatic rings. The second-order valence-corrected chi connectivity index (χ2v) is 20.9. The van der Waals surface area contributed by atoms with Gasteiger partial charge in [-0.1, -0.05) is 0 Å². The first-order valence-corrected chi connectivity index (χ1v) is 17.5. The summed E-state index contributed by atoms with van der Waals surface area (Å²) in [6.07, 6.45) is 3.41. The van der Waals surface area contributed by atoms with E-state index >= 15 is 0 Å². The van der Waals surface area contributed by atoms with Crippen LogP contribution in [0.4, 0.5) is 0 Å². The third kappa shape index (κ3) is 4.00. The summed E-state index contributed by atoms with van der Waals surface area (Å²) in [6.45, 7) is 12.0. The molecule has 2 heteroatoms. The van der Waals surface area contributed by atoms with Crippen LogP contribution >= 0.6 is 20.8 Å². The van der Waals surface area contributed by atoms with Gasteiger partial charge in [0.15, 0.2) is 0 Å². The van der Waals surface area contributed by atoms with E-state index in [1.807, 2.05) is 0 Å². The molecule has 0 aliphatic heterocycles. The van der Waals surface area contributed by atoms with E-state index in [9.17, 15) is 0 Å². The fourth-order valence-corrected chi connectivity index (χ4v) is 13.9. The van der Waals surface area contributed by atoms with Gasteiger partial charge in [0.1, 0.15) is 0 Å². The van der Waals surface area contributed by atoms with Crippen molar-refractivity contribution in [1.29, 1.82) is 0 Å². The molecule has 1 aliphatic carbocycles. The van der Waals surface area contributed by atoms with E-state index in [2.05, 4.69) is 153 Å². The Morgan fingerprint density at radius 3 is 1.36 bits per heavy atom. The summed E-state index contributed by atoms with van der Waals surface area (Å²) < 4.78 is 0. The van der Waals surface area contributed by atoms with Gasteiger partial charge >= 0.3 is 227 Å². The molecule has 0 heterocycles. The standard InChI is InChI=1S/C34H38BrP/c1-26-23-31-32(34(4,5)22-21-33(31,2)3)24-27(26)25-36(35,28-15-9-6-10-16-28,29-17-11-7-12-18-29)30-19-13-8-14-20-30/h6-20,23-24H,21-22,25H2,1-5H3. The molecule has 5 rings (SSSR count). The van der Waals surface area contributed by atoms with Crippen LogP contribution in [-0.4, -0.2) is 0 Å². The van der Waals surface area contributed by atoms with E-state index < -0.39 is 5.31 Å². The van der Waals surface area contributed by atoms with Crippen molar-refractivity contribution in [2.24, 2.45) is 0 Å². The van der Waals surface area contributed by atoms with Crippen LogP contribution < -0.4 is 15.9 Å². The number of rotatable bonds is 5. The molecular formula is C34H38BrP. The molecule has 186 valence electrons. The Labute approximate surface area is 225 Å². The van der Waals surface area contributed by atoms with Crippen LogP contribution in [0.2, 0.25) is 0 Å². The van der Waals surface area contributed by atoms with Gasteiger partial charge < -0.3 is 0 Å². The van der Waals surface area contributed by atoms with Gasteiger partial charge in [0, 0.05) is 0 Å². The molecule has 0 saturated carbocycles. The summed E-state index contributed by atoms with van der Waals surface area (Å²) in [6, 6.07) is 38.6. The van der Waals surface area contributed by atoms with E-state index in [1.165, 1.54) is 51.0 Å². The summed E-state index contributed by atoms with van der Waals surface area (Å²) in [5, 5.41) is 1.08. The molecule has 0 N–H and O–H groups in total. The zero-order chi connectivity index (χ0) is 25.6. The van der Waals surface area contributed by atoms with Crippen molar-refractivity contribution < 1.29 is 0 Å². The topological polar surface area (TPSA) is 0 Å². The third-order valence-corrected chi connectivity index (χ3v) is 18.2. The van der Waals surface area contributed by atoms with Gasteiger partial charge in [-0.15, -0.1) is 0 Å². The number of aryl methyl sites for hydroxylation is 1. The van der Waals surface area contributed by atoms with E-state index in [1.54, 1.807) is 0 Å². The quantitative estimate of drug-likeness (QED) is 0.215. The molecule has 0 amide bonds. The van der Waals surface area contributed by atoms with Gasteiger partial charge in [-0.2, -0.15) is 0 Å². The van der Waals surface area contributed by atoms with Gasteiger partial charge in [0.05, 0.1) is 0 Å². The summed E-state index contributed by atoms with van der Waals surface area (Å²) >= 11 is 4.67. The molecule has 0 spiro atoms. The zero-order valence-electron chi connectivity index (χ0n) is 22.3. The zero-order valence-corrected chi connectivity index (χ0v) is 24.7. The minimum absolute atomic E-state index is 0.183. The molecule has 0 fully saturated rings. The van der Waals surface area contributed by atoms with E-state index in [0.29, 0.717) is 0 Å². The van der Waals surface area contributed by atoms with Crippen molar-refractivity contribution in [2.75, 3.05) is 0 Å². The van der Waals surface area contributed by atoms with Crippen LogP contribution in [0.25, 0.3) is 0 Å². The molecule has 0 nitrogen and oxygen atoms in total. The van der Waals surface area contributed by atoms with Gasteiger partial charge in [0.25, 0.3) is 0 Å². The fraction of sp³-hybridized carbons (Fsp3) is 0.294. The first kappa shape index (κ1) is 25.4. The van der Waals surface area contributed by atoms with Crippen LogP contribution in [0.1, 0.15) is 62.8 Å². The SMILES string of the molecule is Cc1cc2c(cc1CP(Br)(c1ccccc1)(c1ccccc1)c1ccccc1)C(C)(C)CCC2(C)C. The molecular weight excluding hydrogens is 519 g/mol. The summed E-state index contributed by atoms with van der Waals surface area (Å²) in [7, 11) is 0. The van der Waals surface area contributed by atoms with Crippen molar-refractivity contribution >= 4 is 36.7 Å². The second kappa shape index (κ2) is 8.97. The summed E-state index contributed by atoms with van der Waals surface area (Å²) in [5.41, 5.74) is 6.32. The first-order chi connectivity index (χ1) is 17.1. The van der Waals surface area contributed by atoms with Crippen LogP contribution in [0.15, 0.2) is 103 Å². The predicted octanol–water partition coefficient (Wildman–Crippen LogP) is 8.68. The number of halogens is 1. The molecule has 0 aromatic heterocycles. The Morgan fingerprint density at radius 2 is 0.972 bits per heavy atom. The van der Waals surface area contributed by atoms with Crippen molar-refractivity contribution in [3.63, 3.8) is 0 Å². The second-order valence-electron chi connectivity index (χ2n) is 11.9. The van der Waals surface area contributed by atoms with Crippen molar-refractivity contribution in [1.82, 2.24) is 0 Å². The Bertz CT molecular complexity index is 1270. The summed E-state index contributed by atoms with van der Waals surface area (Å²) in [5.74, 6) is 0. The van der Waals surface area contributed by atoms with Crippen LogP contribution in [0, 0.1) is 6.92 Å². The van der Waals surface area contributed by atoms with Crippen LogP contribution in [0.3, 0.4) is 0 Å². The molecule has 36 heavy (non-hydrogen) atoms. The monoisotopic (exact) mass is 556 g/mol. The van der Waals surface area contributed by atoms with Gasteiger partial charge in [0.2, 0.25) is 0 Å². The van der Waals surface area contributed by atoms with E-state index in [0.717, 1.165) is 6.16 Å². The maximum atomic E-state index is 4.67. The molecule has 4 aromatic rings.